The minimum Gasteiger partial charge on any atom is -0.339 e. The Balaban J connectivity index is 1.84. The SMILES string of the molecule is Clc1csc(N(Cc2ccccc2)Cc2ccccc2)n1. The molecule has 0 aliphatic carbocycles. The van der Waals surface area contributed by atoms with Crippen LogP contribution in [0.1, 0.15) is 11.1 Å². The van der Waals surface area contributed by atoms with Gasteiger partial charge in [-0.3, -0.25) is 0 Å². The quantitative estimate of drug-likeness (QED) is 0.658. The number of halogens is 1. The first-order chi connectivity index (χ1) is 10.3. The lowest BCUT2D eigenvalue weighted by Crippen LogP contribution is -2.21. The van der Waals surface area contributed by atoms with E-state index in [1.807, 2.05) is 17.5 Å². The van der Waals surface area contributed by atoms with E-state index in [1.54, 1.807) is 11.3 Å². The largest absolute Gasteiger partial charge is 0.339 e. The summed E-state index contributed by atoms with van der Waals surface area (Å²) in [7, 11) is 0. The summed E-state index contributed by atoms with van der Waals surface area (Å²) in [5.41, 5.74) is 2.53. The third kappa shape index (κ3) is 3.84. The van der Waals surface area contributed by atoms with Crippen LogP contribution in [0.15, 0.2) is 66.0 Å². The molecule has 2 aromatic carbocycles. The Morgan fingerprint density at radius 2 is 1.38 bits per heavy atom. The molecule has 3 rings (SSSR count). The Labute approximate surface area is 133 Å². The van der Waals surface area contributed by atoms with Crippen molar-refractivity contribution in [2.75, 3.05) is 4.90 Å². The van der Waals surface area contributed by atoms with Gasteiger partial charge in [0.25, 0.3) is 0 Å². The fourth-order valence-corrected chi connectivity index (χ4v) is 3.14. The van der Waals surface area contributed by atoms with Crippen LogP contribution < -0.4 is 4.90 Å². The Bertz CT molecular complexity index is 641. The molecule has 0 aliphatic heterocycles. The Morgan fingerprint density at radius 3 is 1.81 bits per heavy atom. The molecule has 21 heavy (non-hydrogen) atoms. The minimum absolute atomic E-state index is 0.557. The molecule has 0 amide bonds. The van der Waals surface area contributed by atoms with Crippen molar-refractivity contribution in [1.29, 1.82) is 0 Å². The van der Waals surface area contributed by atoms with Crippen LogP contribution in [0.2, 0.25) is 5.15 Å². The summed E-state index contributed by atoms with van der Waals surface area (Å²) in [6, 6.07) is 20.8. The van der Waals surface area contributed by atoms with E-state index in [0.717, 1.165) is 18.2 Å². The molecule has 0 atom stereocenters. The molecule has 0 N–H and O–H groups in total. The first-order valence-corrected chi connectivity index (χ1v) is 8.01. The van der Waals surface area contributed by atoms with Crippen molar-refractivity contribution in [2.24, 2.45) is 0 Å². The Hall–Kier alpha value is -1.84. The predicted molar refractivity (Wildman–Crippen MR) is 89.9 cm³/mol. The van der Waals surface area contributed by atoms with Crippen LogP contribution in [0.4, 0.5) is 5.13 Å². The lowest BCUT2D eigenvalue weighted by Gasteiger charge is -2.22. The van der Waals surface area contributed by atoms with Gasteiger partial charge in [-0.05, 0) is 11.1 Å². The molecule has 4 heteroatoms. The van der Waals surface area contributed by atoms with Crippen molar-refractivity contribution in [3.05, 3.63) is 82.3 Å². The molecule has 2 nitrogen and oxygen atoms in total. The molecule has 0 fully saturated rings. The number of nitrogens with zero attached hydrogens (tertiary/aromatic N) is 2. The summed E-state index contributed by atoms with van der Waals surface area (Å²) >= 11 is 7.56. The van der Waals surface area contributed by atoms with E-state index in [9.17, 15) is 0 Å². The lowest BCUT2D eigenvalue weighted by atomic mass is 10.2. The highest BCUT2D eigenvalue weighted by atomic mass is 35.5. The van der Waals surface area contributed by atoms with E-state index in [2.05, 4.69) is 58.4 Å². The standard InChI is InChI=1S/C17H15ClN2S/c18-16-13-21-17(19-16)20(11-14-7-3-1-4-8-14)12-15-9-5-2-6-10-15/h1-10,13H,11-12H2. The second kappa shape index (κ2) is 6.74. The number of anilines is 1. The molecular weight excluding hydrogens is 300 g/mol. The average molecular weight is 315 g/mol. The average Bonchev–Trinajstić information content (AvgIpc) is 2.95. The number of thiazole rings is 1. The third-order valence-electron chi connectivity index (χ3n) is 3.17. The van der Waals surface area contributed by atoms with Gasteiger partial charge in [0.1, 0.15) is 5.15 Å². The molecular formula is C17H15ClN2S. The molecule has 0 saturated carbocycles. The topological polar surface area (TPSA) is 16.1 Å². The molecule has 1 aromatic heterocycles. The van der Waals surface area contributed by atoms with Crippen molar-refractivity contribution >= 4 is 28.1 Å². The molecule has 0 bridgehead atoms. The third-order valence-corrected chi connectivity index (χ3v) is 4.39. The van der Waals surface area contributed by atoms with Crippen LogP contribution in [0, 0.1) is 0 Å². The normalized spacial score (nSPS) is 10.5. The van der Waals surface area contributed by atoms with Crippen molar-refractivity contribution in [1.82, 2.24) is 4.98 Å². The summed E-state index contributed by atoms with van der Waals surface area (Å²) < 4.78 is 0. The van der Waals surface area contributed by atoms with Crippen LogP contribution >= 0.6 is 22.9 Å². The van der Waals surface area contributed by atoms with Crippen molar-refractivity contribution in [3.8, 4) is 0 Å². The van der Waals surface area contributed by atoms with Gasteiger partial charge in [-0.1, -0.05) is 72.3 Å². The van der Waals surface area contributed by atoms with Gasteiger partial charge in [-0.25, -0.2) is 4.98 Å². The van der Waals surface area contributed by atoms with Crippen LogP contribution in [-0.4, -0.2) is 4.98 Å². The number of hydrogen-bond acceptors (Lipinski definition) is 3. The number of aromatic nitrogens is 1. The van der Waals surface area contributed by atoms with Gasteiger partial charge >= 0.3 is 0 Å². The van der Waals surface area contributed by atoms with E-state index in [-0.39, 0.29) is 0 Å². The second-order valence-corrected chi connectivity index (χ2v) is 6.00. The molecule has 0 spiro atoms. The van der Waals surface area contributed by atoms with Crippen LogP contribution in [0.3, 0.4) is 0 Å². The van der Waals surface area contributed by atoms with E-state index in [4.69, 9.17) is 11.6 Å². The number of hydrogen-bond donors (Lipinski definition) is 0. The van der Waals surface area contributed by atoms with Crippen molar-refractivity contribution in [3.63, 3.8) is 0 Å². The van der Waals surface area contributed by atoms with Crippen LogP contribution in [-0.2, 0) is 13.1 Å². The zero-order valence-corrected chi connectivity index (χ0v) is 13.0. The summed E-state index contributed by atoms with van der Waals surface area (Å²) in [5, 5.41) is 3.38. The molecule has 1 heterocycles. The highest BCUT2D eigenvalue weighted by molar-refractivity contribution is 7.14. The Kier molecular flexibility index (Phi) is 4.53. The molecule has 0 saturated heterocycles. The minimum atomic E-state index is 0.557. The van der Waals surface area contributed by atoms with Gasteiger partial charge in [-0.2, -0.15) is 0 Å². The maximum absolute atomic E-state index is 5.98. The maximum Gasteiger partial charge on any atom is 0.187 e. The monoisotopic (exact) mass is 314 g/mol. The van der Waals surface area contributed by atoms with Crippen molar-refractivity contribution in [2.45, 2.75) is 13.1 Å². The van der Waals surface area contributed by atoms with Gasteiger partial charge in [-0.15, -0.1) is 11.3 Å². The van der Waals surface area contributed by atoms with E-state index in [0.29, 0.717) is 5.15 Å². The van der Waals surface area contributed by atoms with Gasteiger partial charge in [0, 0.05) is 18.5 Å². The van der Waals surface area contributed by atoms with Crippen molar-refractivity contribution < 1.29 is 0 Å². The summed E-state index contributed by atoms with van der Waals surface area (Å²) in [6.07, 6.45) is 0. The first-order valence-electron chi connectivity index (χ1n) is 6.75. The van der Waals surface area contributed by atoms with Gasteiger partial charge < -0.3 is 4.90 Å². The number of rotatable bonds is 5. The first kappa shape index (κ1) is 14.1. The van der Waals surface area contributed by atoms with E-state index in [1.165, 1.54) is 11.1 Å². The second-order valence-electron chi connectivity index (χ2n) is 4.78. The zero-order chi connectivity index (χ0) is 14.5. The smallest absolute Gasteiger partial charge is 0.187 e. The van der Waals surface area contributed by atoms with Gasteiger partial charge in [0.15, 0.2) is 5.13 Å². The maximum atomic E-state index is 5.98. The van der Waals surface area contributed by atoms with E-state index >= 15 is 0 Å². The fourth-order valence-electron chi connectivity index (χ4n) is 2.19. The molecule has 106 valence electrons. The molecule has 0 radical (unpaired) electrons. The lowest BCUT2D eigenvalue weighted by molar-refractivity contribution is 0.795. The highest BCUT2D eigenvalue weighted by Crippen LogP contribution is 2.26. The summed E-state index contributed by atoms with van der Waals surface area (Å²) in [4.78, 5) is 6.66. The summed E-state index contributed by atoms with van der Waals surface area (Å²) in [6.45, 7) is 1.64. The van der Waals surface area contributed by atoms with Crippen LogP contribution in [0.5, 0.6) is 0 Å². The predicted octanol–water partition coefficient (Wildman–Crippen LogP) is 5.00. The molecule has 3 aromatic rings. The van der Waals surface area contributed by atoms with Gasteiger partial charge in [0.2, 0.25) is 0 Å². The molecule has 0 aliphatic rings. The van der Waals surface area contributed by atoms with E-state index < -0.39 is 0 Å². The highest BCUT2D eigenvalue weighted by Gasteiger charge is 2.12. The number of benzene rings is 2. The van der Waals surface area contributed by atoms with Crippen LogP contribution in [0.25, 0.3) is 0 Å². The Morgan fingerprint density at radius 1 is 0.857 bits per heavy atom. The molecule has 0 unspecified atom stereocenters. The summed E-state index contributed by atoms with van der Waals surface area (Å²) in [5.74, 6) is 0. The fraction of sp³-hybridized carbons (Fsp3) is 0.118. The van der Waals surface area contributed by atoms with Gasteiger partial charge in [0.05, 0.1) is 0 Å². The zero-order valence-electron chi connectivity index (χ0n) is 11.4.